The topological polar surface area (TPSA) is 49.4 Å². The maximum atomic E-state index is 12.8. The number of nitrogens with zero attached hydrogens (tertiary/aromatic N) is 1. The Morgan fingerprint density at radius 1 is 1.08 bits per heavy atom. The number of halogens is 1. The van der Waals surface area contributed by atoms with Crippen molar-refractivity contribution in [1.82, 2.24) is 10.2 Å². The highest BCUT2D eigenvalue weighted by molar-refractivity contribution is 5.94. The Morgan fingerprint density at radius 3 is 2.29 bits per heavy atom. The average Bonchev–Trinajstić information content (AvgIpc) is 2.60. The molecular formula is C19H19FN2O2. The fourth-order valence-corrected chi connectivity index (χ4v) is 2.13. The van der Waals surface area contributed by atoms with Crippen molar-refractivity contribution < 1.29 is 14.0 Å². The molecule has 24 heavy (non-hydrogen) atoms. The first kappa shape index (κ1) is 17.4. The van der Waals surface area contributed by atoms with Crippen LogP contribution in [0.4, 0.5) is 4.39 Å². The Bertz CT molecular complexity index is 737. The van der Waals surface area contributed by atoms with E-state index in [1.807, 2.05) is 12.1 Å². The lowest BCUT2D eigenvalue weighted by Crippen LogP contribution is -2.24. The molecule has 0 unspecified atom stereocenters. The van der Waals surface area contributed by atoms with Gasteiger partial charge in [0.1, 0.15) is 5.82 Å². The molecule has 2 aromatic carbocycles. The number of hydrogen-bond acceptors (Lipinski definition) is 2. The van der Waals surface area contributed by atoms with Gasteiger partial charge in [0.05, 0.1) is 0 Å². The van der Waals surface area contributed by atoms with Crippen molar-refractivity contribution >= 4 is 17.9 Å². The summed E-state index contributed by atoms with van der Waals surface area (Å²) in [5.41, 5.74) is 2.26. The van der Waals surface area contributed by atoms with Crippen molar-refractivity contribution in [1.29, 1.82) is 0 Å². The second kappa shape index (κ2) is 8.06. The summed E-state index contributed by atoms with van der Waals surface area (Å²) in [5.74, 6) is -0.612. The highest BCUT2D eigenvalue weighted by atomic mass is 19.1. The van der Waals surface area contributed by atoms with Crippen LogP contribution in [-0.2, 0) is 11.3 Å². The Morgan fingerprint density at radius 2 is 1.71 bits per heavy atom. The summed E-state index contributed by atoms with van der Waals surface area (Å²) < 4.78 is 12.8. The molecule has 2 amide bonds. The predicted octanol–water partition coefficient (Wildman–Crippen LogP) is 2.86. The van der Waals surface area contributed by atoms with Gasteiger partial charge in [0.15, 0.2) is 0 Å². The fraction of sp³-hybridized carbons (Fsp3) is 0.158. The van der Waals surface area contributed by atoms with E-state index in [9.17, 15) is 14.0 Å². The first-order chi connectivity index (χ1) is 11.5. The van der Waals surface area contributed by atoms with Crippen molar-refractivity contribution in [3.63, 3.8) is 0 Å². The molecule has 0 fully saturated rings. The zero-order valence-electron chi connectivity index (χ0n) is 13.6. The molecule has 0 aliphatic carbocycles. The summed E-state index contributed by atoms with van der Waals surface area (Å²) in [5, 5.41) is 2.56. The Kier molecular flexibility index (Phi) is 5.84. The number of carbonyl (C=O) groups excluding carboxylic acids is 2. The van der Waals surface area contributed by atoms with Gasteiger partial charge in [-0.05, 0) is 41.5 Å². The van der Waals surface area contributed by atoms with E-state index in [0.717, 1.165) is 11.1 Å². The zero-order chi connectivity index (χ0) is 17.5. The molecule has 0 aromatic heterocycles. The molecule has 4 nitrogen and oxygen atoms in total. The van der Waals surface area contributed by atoms with Crippen LogP contribution in [0.3, 0.4) is 0 Å². The van der Waals surface area contributed by atoms with E-state index in [1.54, 1.807) is 49.3 Å². The number of likely N-dealkylation sites (N-methyl/N-ethyl adjacent to an activating group) is 1. The summed E-state index contributed by atoms with van der Waals surface area (Å²) in [7, 11) is 3.28. The van der Waals surface area contributed by atoms with E-state index < -0.39 is 0 Å². The van der Waals surface area contributed by atoms with Crippen molar-refractivity contribution in [3.8, 4) is 0 Å². The number of benzene rings is 2. The monoisotopic (exact) mass is 326 g/mol. The maximum absolute atomic E-state index is 12.8. The van der Waals surface area contributed by atoms with Gasteiger partial charge in [0.25, 0.3) is 5.91 Å². The number of rotatable bonds is 5. The number of carbonyl (C=O) groups is 2. The van der Waals surface area contributed by atoms with E-state index in [4.69, 9.17) is 0 Å². The minimum absolute atomic E-state index is 0.145. The van der Waals surface area contributed by atoms with Gasteiger partial charge in [0, 0.05) is 32.3 Å². The second-order valence-electron chi connectivity index (χ2n) is 5.36. The van der Waals surface area contributed by atoms with Crippen LogP contribution in [-0.4, -0.2) is 30.8 Å². The average molecular weight is 326 g/mol. The second-order valence-corrected chi connectivity index (χ2v) is 5.36. The van der Waals surface area contributed by atoms with Gasteiger partial charge in [-0.25, -0.2) is 4.39 Å². The molecule has 124 valence electrons. The van der Waals surface area contributed by atoms with Gasteiger partial charge in [-0.1, -0.05) is 24.3 Å². The van der Waals surface area contributed by atoms with E-state index in [2.05, 4.69) is 5.32 Å². The molecule has 5 heteroatoms. The summed E-state index contributed by atoms with van der Waals surface area (Å²) in [6.45, 7) is 0.431. The highest BCUT2D eigenvalue weighted by Crippen LogP contribution is 2.09. The standard InChI is InChI=1S/C19H19FN2O2/c1-21-19(24)16-8-3-15(4-9-16)13-22(2)18(23)12-7-14-5-10-17(20)11-6-14/h3-12H,13H2,1-2H3,(H,21,24)/b12-7+. The Labute approximate surface area is 140 Å². The molecule has 0 saturated carbocycles. The molecular weight excluding hydrogens is 307 g/mol. The molecule has 0 spiro atoms. The first-order valence-electron chi connectivity index (χ1n) is 7.49. The molecule has 0 aliphatic rings. The summed E-state index contributed by atoms with van der Waals surface area (Å²) in [6, 6.07) is 13.0. The smallest absolute Gasteiger partial charge is 0.251 e. The van der Waals surface area contributed by atoms with E-state index >= 15 is 0 Å². The predicted molar refractivity (Wildman–Crippen MR) is 91.7 cm³/mol. The Hall–Kier alpha value is -2.95. The van der Waals surface area contributed by atoms with Gasteiger partial charge in [-0.15, -0.1) is 0 Å². The van der Waals surface area contributed by atoms with Crippen molar-refractivity contribution in [2.45, 2.75) is 6.54 Å². The third-order valence-electron chi connectivity index (χ3n) is 3.53. The van der Waals surface area contributed by atoms with E-state index in [1.165, 1.54) is 18.2 Å². The first-order valence-corrected chi connectivity index (χ1v) is 7.49. The number of hydrogen-bond donors (Lipinski definition) is 1. The molecule has 0 aliphatic heterocycles. The summed E-state index contributed by atoms with van der Waals surface area (Å²) in [6.07, 6.45) is 3.10. The largest absolute Gasteiger partial charge is 0.355 e. The van der Waals surface area contributed by atoms with Crippen LogP contribution < -0.4 is 5.32 Å². The molecule has 1 N–H and O–H groups in total. The van der Waals surface area contributed by atoms with E-state index in [0.29, 0.717) is 12.1 Å². The SMILES string of the molecule is CNC(=O)c1ccc(CN(C)C(=O)/C=C/c2ccc(F)cc2)cc1. The van der Waals surface area contributed by atoms with Crippen molar-refractivity contribution in [2.24, 2.45) is 0 Å². The molecule has 0 heterocycles. The molecule has 2 aromatic rings. The third kappa shape index (κ3) is 4.78. The van der Waals surface area contributed by atoms with Crippen LogP contribution in [0.25, 0.3) is 6.08 Å². The quantitative estimate of drug-likeness (QED) is 0.859. The van der Waals surface area contributed by atoms with Gasteiger partial charge >= 0.3 is 0 Å². The van der Waals surface area contributed by atoms with Crippen LogP contribution in [0.2, 0.25) is 0 Å². The molecule has 0 bridgehead atoms. The third-order valence-corrected chi connectivity index (χ3v) is 3.53. The van der Waals surface area contributed by atoms with Crippen LogP contribution >= 0.6 is 0 Å². The number of nitrogens with one attached hydrogen (secondary N) is 1. The molecule has 0 saturated heterocycles. The van der Waals surface area contributed by atoms with Gasteiger partial charge in [0.2, 0.25) is 5.91 Å². The van der Waals surface area contributed by atoms with Gasteiger partial charge in [-0.2, -0.15) is 0 Å². The highest BCUT2D eigenvalue weighted by Gasteiger charge is 2.07. The van der Waals surface area contributed by atoms with E-state index in [-0.39, 0.29) is 17.6 Å². The summed E-state index contributed by atoms with van der Waals surface area (Å²) >= 11 is 0. The van der Waals surface area contributed by atoms with Crippen LogP contribution in [0.5, 0.6) is 0 Å². The van der Waals surface area contributed by atoms with Crippen molar-refractivity contribution in [2.75, 3.05) is 14.1 Å². The summed E-state index contributed by atoms with van der Waals surface area (Å²) in [4.78, 5) is 25.2. The van der Waals surface area contributed by atoms with Crippen molar-refractivity contribution in [3.05, 3.63) is 77.1 Å². The lowest BCUT2D eigenvalue weighted by molar-refractivity contribution is -0.125. The minimum Gasteiger partial charge on any atom is -0.355 e. The normalized spacial score (nSPS) is 10.6. The Balaban J connectivity index is 1.95. The fourth-order valence-electron chi connectivity index (χ4n) is 2.13. The lowest BCUT2D eigenvalue weighted by atomic mass is 10.1. The lowest BCUT2D eigenvalue weighted by Gasteiger charge is -2.15. The minimum atomic E-state index is -0.309. The van der Waals surface area contributed by atoms with Crippen LogP contribution in [0.1, 0.15) is 21.5 Å². The maximum Gasteiger partial charge on any atom is 0.251 e. The zero-order valence-corrected chi connectivity index (χ0v) is 13.6. The molecule has 0 atom stereocenters. The van der Waals surface area contributed by atoms with Crippen LogP contribution in [0.15, 0.2) is 54.6 Å². The van der Waals surface area contributed by atoms with Gasteiger partial charge < -0.3 is 10.2 Å². The van der Waals surface area contributed by atoms with Crippen LogP contribution in [0, 0.1) is 5.82 Å². The molecule has 0 radical (unpaired) electrons. The van der Waals surface area contributed by atoms with Gasteiger partial charge in [-0.3, -0.25) is 9.59 Å². The molecule has 2 rings (SSSR count). The number of amides is 2.